The molecule has 0 aromatic carbocycles. The molecule has 0 heterocycles. The molecule has 58 valence electrons. The van der Waals surface area contributed by atoms with Crippen LogP contribution in [0.25, 0.3) is 10.6 Å². The molecule has 0 saturated carbocycles. The third-order valence-corrected chi connectivity index (χ3v) is 0. The monoisotopic (exact) mass is 208 g/mol. The minimum atomic E-state index is 0. The van der Waals surface area contributed by atoms with Gasteiger partial charge in [-0.1, -0.05) is 0 Å². The molecule has 2 nitrogen and oxygen atoms in total. The van der Waals surface area contributed by atoms with Gasteiger partial charge in [0.15, 0.2) is 0 Å². The van der Waals surface area contributed by atoms with Crippen molar-refractivity contribution in [1.29, 1.82) is 0 Å². The molecule has 0 aromatic rings. The number of hydrogen-bond donors (Lipinski definition) is 0. The summed E-state index contributed by atoms with van der Waals surface area (Å²) in [5.74, 6) is 0. The van der Waals surface area contributed by atoms with Crippen molar-refractivity contribution in [3.63, 3.8) is 0 Å². The summed E-state index contributed by atoms with van der Waals surface area (Å²) >= 11 is 0. The Balaban J connectivity index is -0.00000000889. The predicted molar refractivity (Wildman–Crippen MR) is 44.9 cm³/mol. The first-order chi connectivity index (χ1) is 2.83. The second-order valence-corrected chi connectivity index (χ2v) is 0.894. The van der Waals surface area contributed by atoms with E-state index in [1.807, 2.05) is 0 Å². The van der Waals surface area contributed by atoms with E-state index in [1.165, 1.54) is 0 Å². The summed E-state index contributed by atoms with van der Waals surface area (Å²) in [5, 5.41) is 7.00. The van der Waals surface area contributed by atoms with Gasteiger partial charge in [-0.05, 0) is 0 Å². The van der Waals surface area contributed by atoms with Crippen molar-refractivity contribution in [3.8, 4) is 0 Å². The van der Waals surface area contributed by atoms with E-state index < -0.39 is 0 Å². The molecule has 0 spiro atoms. The van der Waals surface area contributed by atoms with Crippen LogP contribution in [0.15, 0.2) is 0 Å². The van der Waals surface area contributed by atoms with Crippen molar-refractivity contribution >= 4 is 24.8 Å². The third kappa shape index (κ3) is 325. The number of rotatable bonds is 0. The van der Waals surface area contributed by atoms with Gasteiger partial charge in [-0.15, -0.1) is 24.8 Å². The van der Waals surface area contributed by atoms with Crippen molar-refractivity contribution in [2.24, 2.45) is 0 Å². The van der Waals surface area contributed by atoms with Crippen LogP contribution in [-0.4, -0.2) is 28.2 Å². The molecule has 0 aromatic heterocycles. The first-order valence-corrected chi connectivity index (χ1v) is 1.79. The second kappa shape index (κ2) is 60.2. The van der Waals surface area contributed by atoms with Crippen LogP contribution < -0.4 is 0 Å². The molecule has 0 amide bonds. The fraction of sp³-hybridized carbons (Fsp3) is 1.00. The Morgan fingerprint density at radius 1 is 0.667 bits per heavy atom. The molecule has 0 fully saturated rings. The molecule has 0 aliphatic rings. The van der Waals surface area contributed by atoms with Gasteiger partial charge in [0, 0.05) is 0 Å². The van der Waals surface area contributed by atoms with E-state index in [9.17, 15) is 0 Å². The first kappa shape index (κ1) is 31.9. The van der Waals surface area contributed by atoms with Crippen LogP contribution in [0.1, 0.15) is 0 Å². The number of nitrogens with zero attached hydrogens (tertiary/aromatic N) is 2. The standard InChI is InChI=1S/2C2H6N.2ClH.Ti/c2*1-3-2;;;/h2*1-2H3;2*1H;/q2*-1;;;+2. The van der Waals surface area contributed by atoms with Crippen LogP contribution >= 0.6 is 24.8 Å². The Kier molecular flexibility index (Phi) is 213. The van der Waals surface area contributed by atoms with E-state index in [1.54, 1.807) is 28.2 Å². The van der Waals surface area contributed by atoms with Gasteiger partial charge in [0.05, 0.1) is 0 Å². The van der Waals surface area contributed by atoms with Gasteiger partial charge in [-0.3, -0.25) is 0 Å². The molecule has 0 unspecified atom stereocenters. The van der Waals surface area contributed by atoms with Gasteiger partial charge < -0.3 is 10.6 Å². The maximum absolute atomic E-state index is 3.50. The van der Waals surface area contributed by atoms with E-state index in [4.69, 9.17) is 0 Å². The summed E-state index contributed by atoms with van der Waals surface area (Å²) in [6.45, 7) is 0. The second-order valence-electron chi connectivity index (χ2n) is 0.894. The maximum Gasteiger partial charge on any atom is 2.00 e. The molecule has 0 aliphatic carbocycles. The number of halogens is 2. The van der Waals surface area contributed by atoms with Crippen LogP contribution in [0.3, 0.4) is 0 Å². The van der Waals surface area contributed by atoms with E-state index in [2.05, 4.69) is 10.6 Å². The van der Waals surface area contributed by atoms with E-state index in [0.29, 0.717) is 0 Å². The van der Waals surface area contributed by atoms with Gasteiger partial charge in [0.1, 0.15) is 0 Å². The van der Waals surface area contributed by atoms with Crippen LogP contribution in [0.5, 0.6) is 0 Å². The molecule has 0 saturated heterocycles. The zero-order valence-electron chi connectivity index (χ0n) is 6.21. The maximum atomic E-state index is 3.50. The number of hydrogen-bond acceptors (Lipinski definition) is 0. The normalized spacial score (nSPS) is 4.00. The van der Waals surface area contributed by atoms with Gasteiger partial charge >= 0.3 is 21.7 Å². The minimum absolute atomic E-state index is 0. The van der Waals surface area contributed by atoms with Crippen molar-refractivity contribution in [3.05, 3.63) is 10.6 Å². The topological polar surface area (TPSA) is 28.2 Å². The van der Waals surface area contributed by atoms with Crippen LogP contribution in [-0.2, 0) is 21.7 Å². The minimum Gasteiger partial charge on any atom is -0.668 e. The third-order valence-electron chi connectivity index (χ3n) is 0. The van der Waals surface area contributed by atoms with Gasteiger partial charge in [-0.2, -0.15) is 28.2 Å². The molecule has 0 atom stereocenters. The summed E-state index contributed by atoms with van der Waals surface area (Å²) in [5.41, 5.74) is 0. The summed E-state index contributed by atoms with van der Waals surface area (Å²) in [6.07, 6.45) is 0. The van der Waals surface area contributed by atoms with E-state index in [-0.39, 0.29) is 46.5 Å². The Bertz CT molecular complexity index is 18.5. The Hall–Kier alpha value is 1.21. The van der Waals surface area contributed by atoms with Crippen LogP contribution in [0.4, 0.5) is 0 Å². The quantitative estimate of drug-likeness (QED) is 0.546. The predicted octanol–water partition coefficient (Wildman–Crippen LogP) is 2.08. The van der Waals surface area contributed by atoms with Gasteiger partial charge in [0.25, 0.3) is 0 Å². The zero-order valence-corrected chi connectivity index (χ0v) is 9.41. The summed E-state index contributed by atoms with van der Waals surface area (Å²) in [4.78, 5) is 0. The fourth-order valence-electron chi connectivity index (χ4n) is 0. The average Bonchev–Trinajstić information content (AvgIpc) is 1.39. The largest absolute Gasteiger partial charge is 2.00 e. The molecule has 0 radical (unpaired) electrons. The molecule has 0 aliphatic heterocycles. The Labute approximate surface area is 85.3 Å². The average molecular weight is 209 g/mol. The Morgan fingerprint density at radius 3 is 0.667 bits per heavy atom. The van der Waals surface area contributed by atoms with E-state index >= 15 is 0 Å². The smallest absolute Gasteiger partial charge is 0.668 e. The van der Waals surface area contributed by atoms with Crippen molar-refractivity contribution in [2.45, 2.75) is 0 Å². The Morgan fingerprint density at radius 2 is 0.667 bits per heavy atom. The molecule has 0 rings (SSSR count). The van der Waals surface area contributed by atoms with Crippen molar-refractivity contribution < 1.29 is 21.7 Å². The van der Waals surface area contributed by atoms with Crippen molar-refractivity contribution in [1.82, 2.24) is 0 Å². The molecular weight excluding hydrogens is 195 g/mol. The van der Waals surface area contributed by atoms with Crippen LogP contribution in [0.2, 0.25) is 0 Å². The molecular formula is C4H14Cl2N2Ti. The van der Waals surface area contributed by atoms with Gasteiger partial charge in [-0.25, -0.2) is 0 Å². The van der Waals surface area contributed by atoms with Crippen molar-refractivity contribution in [2.75, 3.05) is 28.2 Å². The zero-order chi connectivity index (χ0) is 5.41. The summed E-state index contributed by atoms with van der Waals surface area (Å²) < 4.78 is 0. The van der Waals surface area contributed by atoms with Gasteiger partial charge in [0.2, 0.25) is 0 Å². The summed E-state index contributed by atoms with van der Waals surface area (Å²) in [7, 11) is 7.00. The molecule has 0 N–H and O–H groups in total. The first-order valence-electron chi connectivity index (χ1n) is 1.79. The van der Waals surface area contributed by atoms with Crippen LogP contribution in [0, 0.1) is 0 Å². The molecule has 5 heteroatoms. The molecule has 0 bridgehead atoms. The summed E-state index contributed by atoms with van der Waals surface area (Å²) in [6, 6.07) is 0. The SMILES string of the molecule is C[N-]C.C[N-]C.Cl.Cl.[Ti+2]. The fourth-order valence-corrected chi connectivity index (χ4v) is 0. The molecule has 9 heavy (non-hydrogen) atoms. The van der Waals surface area contributed by atoms with E-state index in [0.717, 1.165) is 0 Å².